The van der Waals surface area contributed by atoms with Crippen LogP contribution >= 0.6 is 0 Å². The topological polar surface area (TPSA) is 41.1 Å². The van der Waals surface area contributed by atoms with E-state index in [1.807, 2.05) is 13.8 Å². The van der Waals surface area contributed by atoms with Crippen LogP contribution in [-0.2, 0) is 4.79 Å². The number of rotatable bonds is 5. The molecular formula is C14H28N2O. The molecule has 1 rings (SSSR count). The predicted octanol–water partition coefficient (Wildman–Crippen LogP) is 2.46. The van der Waals surface area contributed by atoms with Crippen LogP contribution in [0.3, 0.4) is 0 Å². The lowest BCUT2D eigenvalue weighted by molar-refractivity contribution is -0.122. The fourth-order valence-electron chi connectivity index (χ4n) is 2.71. The highest BCUT2D eigenvalue weighted by molar-refractivity contribution is 5.81. The molecule has 1 saturated carbocycles. The molecule has 0 bridgehead atoms. The molecule has 0 aromatic carbocycles. The molecule has 100 valence electrons. The third kappa shape index (κ3) is 5.07. The SMILES string of the molecule is CCNC(=O)C(C)NC1CCCC(CC)CC1. The maximum atomic E-state index is 11.6. The molecule has 1 amide bonds. The van der Waals surface area contributed by atoms with Crippen molar-refractivity contribution in [3.05, 3.63) is 0 Å². The predicted molar refractivity (Wildman–Crippen MR) is 71.9 cm³/mol. The van der Waals surface area contributed by atoms with Gasteiger partial charge < -0.3 is 10.6 Å². The first-order valence-corrected chi connectivity index (χ1v) is 7.21. The first-order chi connectivity index (χ1) is 8.17. The summed E-state index contributed by atoms with van der Waals surface area (Å²) in [6.45, 7) is 6.93. The van der Waals surface area contributed by atoms with Gasteiger partial charge in [0, 0.05) is 12.6 Å². The lowest BCUT2D eigenvalue weighted by Crippen LogP contribution is -2.46. The average Bonchev–Trinajstić information content (AvgIpc) is 2.54. The molecule has 3 atom stereocenters. The van der Waals surface area contributed by atoms with E-state index in [0.717, 1.165) is 5.92 Å². The standard InChI is InChI=1S/C14H28N2O/c1-4-12-7-6-8-13(10-9-12)16-11(3)14(17)15-5-2/h11-13,16H,4-10H2,1-3H3,(H,15,17). The number of carbonyl (C=O) groups is 1. The van der Waals surface area contributed by atoms with Crippen LogP contribution in [0.1, 0.15) is 59.3 Å². The minimum Gasteiger partial charge on any atom is -0.355 e. The summed E-state index contributed by atoms with van der Waals surface area (Å²) in [7, 11) is 0. The van der Waals surface area contributed by atoms with Gasteiger partial charge in [0.25, 0.3) is 0 Å². The van der Waals surface area contributed by atoms with Crippen molar-refractivity contribution in [1.29, 1.82) is 0 Å². The summed E-state index contributed by atoms with van der Waals surface area (Å²) < 4.78 is 0. The summed E-state index contributed by atoms with van der Waals surface area (Å²) in [6.07, 6.45) is 7.74. The number of hydrogen-bond donors (Lipinski definition) is 2. The monoisotopic (exact) mass is 240 g/mol. The zero-order valence-corrected chi connectivity index (χ0v) is 11.6. The third-order valence-electron chi connectivity index (χ3n) is 3.90. The molecule has 1 aliphatic rings. The largest absolute Gasteiger partial charge is 0.355 e. The molecule has 0 aliphatic heterocycles. The number of nitrogens with one attached hydrogen (secondary N) is 2. The smallest absolute Gasteiger partial charge is 0.236 e. The van der Waals surface area contributed by atoms with Gasteiger partial charge in [-0.1, -0.05) is 26.2 Å². The van der Waals surface area contributed by atoms with E-state index in [-0.39, 0.29) is 11.9 Å². The van der Waals surface area contributed by atoms with Crippen LogP contribution in [0, 0.1) is 5.92 Å². The fourth-order valence-corrected chi connectivity index (χ4v) is 2.71. The van der Waals surface area contributed by atoms with Crippen LogP contribution in [0.15, 0.2) is 0 Å². The Morgan fingerprint density at radius 1 is 1.24 bits per heavy atom. The van der Waals surface area contributed by atoms with Crippen molar-refractivity contribution in [2.45, 2.75) is 71.4 Å². The zero-order valence-electron chi connectivity index (χ0n) is 11.6. The molecule has 1 fully saturated rings. The van der Waals surface area contributed by atoms with Crippen molar-refractivity contribution in [3.8, 4) is 0 Å². The van der Waals surface area contributed by atoms with E-state index in [1.165, 1.54) is 38.5 Å². The van der Waals surface area contributed by atoms with Gasteiger partial charge in [0.15, 0.2) is 0 Å². The van der Waals surface area contributed by atoms with Gasteiger partial charge in [0.2, 0.25) is 5.91 Å². The Labute approximate surface area is 106 Å². The fraction of sp³-hybridized carbons (Fsp3) is 0.929. The Bertz CT molecular complexity index is 230. The van der Waals surface area contributed by atoms with E-state index in [0.29, 0.717) is 12.6 Å². The maximum absolute atomic E-state index is 11.6. The minimum atomic E-state index is -0.0573. The summed E-state index contributed by atoms with van der Waals surface area (Å²) in [5, 5.41) is 6.34. The second kappa shape index (κ2) is 7.70. The third-order valence-corrected chi connectivity index (χ3v) is 3.90. The Balaban J connectivity index is 2.33. The van der Waals surface area contributed by atoms with Gasteiger partial charge >= 0.3 is 0 Å². The van der Waals surface area contributed by atoms with Crippen LogP contribution in [0.2, 0.25) is 0 Å². The molecule has 0 heterocycles. The second-order valence-electron chi connectivity index (χ2n) is 5.26. The lowest BCUT2D eigenvalue weighted by Gasteiger charge is -2.21. The molecule has 0 aromatic heterocycles. The number of carbonyl (C=O) groups excluding carboxylic acids is 1. The molecule has 0 aromatic rings. The molecule has 2 N–H and O–H groups in total. The van der Waals surface area contributed by atoms with Crippen LogP contribution in [-0.4, -0.2) is 24.5 Å². The van der Waals surface area contributed by atoms with Crippen LogP contribution < -0.4 is 10.6 Å². The van der Waals surface area contributed by atoms with Gasteiger partial charge in [0.05, 0.1) is 6.04 Å². The van der Waals surface area contributed by atoms with E-state index >= 15 is 0 Å². The Morgan fingerprint density at radius 3 is 2.65 bits per heavy atom. The zero-order chi connectivity index (χ0) is 12.7. The molecule has 0 spiro atoms. The van der Waals surface area contributed by atoms with E-state index in [9.17, 15) is 4.79 Å². The number of amides is 1. The van der Waals surface area contributed by atoms with E-state index in [2.05, 4.69) is 17.6 Å². The summed E-state index contributed by atoms with van der Waals surface area (Å²) in [5.74, 6) is 1.03. The summed E-state index contributed by atoms with van der Waals surface area (Å²) in [4.78, 5) is 11.6. The molecule has 0 saturated heterocycles. The molecular weight excluding hydrogens is 212 g/mol. The van der Waals surface area contributed by atoms with Crippen LogP contribution in [0.25, 0.3) is 0 Å². The average molecular weight is 240 g/mol. The van der Waals surface area contributed by atoms with Crippen molar-refractivity contribution in [3.63, 3.8) is 0 Å². The normalized spacial score (nSPS) is 27.2. The van der Waals surface area contributed by atoms with Gasteiger partial charge in [-0.25, -0.2) is 0 Å². The van der Waals surface area contributed by atoms with Gasteiger partial charge in [0.1, 0.15) is 0 Å². The highest BCUT2D eigenvalue weighted by Crippen LogP contribution is 2.25. The van der Waals surface area contributed by atoms with E-state index < -0.39 is 0 Å². The molecule has 3 nitrogen and oxygen atoms in total. The first kappa shape index (κ1) is 14.5. The van der Waals surface area contributed by atoms with Crippen LogP contribution in [0.4, 0.5) is 0 Å². The van der Waals surface area contributed by atoms with E-state index in [4.69, 9.17) is 0 Å². The van der Waals surface area contributed by atoms with E-state index in [1.54, 1.807) is 0 Å². The summed E-state index contributed by atoms with van der Waals surface area (Å²) in [5.41, 5.74) is 0. The second-order valence-corrected chi connectivity index (χ2v) is 5.26. The highest BCUT2D eigenvalue weighted by atomic mass is 16.2. The van der Waals surface area contributed by atoms with Gasteiger partial charge in [-0.15, -0.1) is 0 Å². The maximum Gasteiger partial charge on any atom is 0.236 e. The number of hydrogen-bond acceptors (Lipinski definition) is 2. The molecule has 0 radical (unpaired) electrons. The summed E-state index contributed by atoms with van der Waals surface area (Å²) in [6, 6.07) is 0.474. The van der Waals surface area contributed by atoms with Crippen molar-refractivity contribution < 1.29 is 4.79 Å². The lowest BCUT2D eigenvalue weighted by atomic mass is 9.98. The molecule has 3 unspecified atom stereocenters. The van der Waals surface area contributed by atoms with Crippen molar-refractivity contribution in [1.82, 2.24) is 10.6 Å². The van der Waals surface area contributed by atoms with Crippen molar-refractivity contribution in [2.75, 3.05) is 6.54 Å². The Hall–Kier alpha value is -0.570. The Kier molecular flexibility index (Phi) is 6.56. The van der Waals surface area contributed by atoms with Gasteiger partial charge in [-0.2, -0.15) is 0 Å². The first-order valence-electron chi connectivity index (χ1n) is 7.21. The van der Waals surface area contributed by atoms with Gasteiger partial charge in [-0.3, -0.25) is 4.79 Å². The molecule has 17 heavy (non-hydrogen) atoms. The Morgan fingerprint density at radius 2 is 2.00 bits per heavy atom. The van der Waals surface area contributed by atoms with Gasteiger partial charge in [-0.05, 0) is 39.0 Å². The number of likely N-dealkylation sites (N-methyl/N-ethyl adjacent to an activating group) is 1. The molecule has 1 aliphatic carbocycles. The quantitative estimate of drug-likeness (QED) is 0.725. The molecule has 3 heteroatoms. The summed E-state index contributed by atoms with van der Waals surface area (Å²) >= 11 is 0. The minimum absolute atomic E-state index is 0.0573. The van der Waals surface area contributed by atoms with Crippen LogP contribution in [0.5, 0.6) is 0 Å². The van der Waals surface area contributed by atoms with Crippen molar-refractivity contribution >= 4 is 5.91 Å². The van der Waals surface area contributed by atoms with Crippen molar-refractivity contribution in [2.24, 2.45) is 5.92 Å². The highest BCUT2D eigenvalue weighted by Gasteiger charge is 2.21.